The minimum absolute atomic E-state index is 0.0609. The van der Waals surface area contributed by atoms with E-state index in [1.807, 2.05) is 0 Å². The summed E-state index contributed by atoms with van der Waals surface area (Å²) in [6.07, 6.45) is -0.613. The first-order valence-corrected chi connectivity index (χ1v) is 6.45. The number of halogens is 1. The topological polar surface area (TPSA) is 76.1 Å². The minimum atomic E-state index is -0.797. The number of aliphatic hydroxyl groups is 1. The van der Waals surface area contributed by atoms with Gasteiger partial charge in [-0.3, -0.25) is 4.79 Å². The van der Waals surface area contributed by atoms with E-state index in [2.05, 4.69) is 4.74 Å². The standard InChI is InChI=1S/C14H16FNO5/c1-20-14(19)12-6-10(17)7-16(12)13(18)8-21-11-4-2-9(15)3-5-11/h2-5,10,12,17H,6-8H2,1H3. The lowest BCUT2D eigenvalue weighted by Gasteiger charge is -2.22. The average molecular weight is 297 g/mol. The van der Waals surface area contributed by atoms with E-state index in [4.69, 9.17) is 4.74 Å². The smallest absolute Gasteiger partial charge is 0.328 e. The molecule has 1 heterocycles. The molecule has 0 saturated carbocycles. The fourth-order valence-electron chi connectivity index (χ4n) is 2.21. The van der Waals surface area contributed by atoms with E-state index < -0.39 is 29.8 Å². The van der Waals surface area contributed by atoms with Crippen LogP contribution in [0, 0.1) is 5.82 Å². The van der Waals surface area contributed by atoms with Crippen molar-refractivity contribution in [2.24, 2.45) is 0 Å². The van der Waals surface area contributed by atoms with Crippen LogP contribution in [0.1, 0.15) is 6.42 Å². The lowest BCUT2D eigenvalue weighted by Crippen LogP contribution is -2.43. The fraction of sp³-hybridized carbons (Fsp3) is 0.429. The number of benzene rings is 1. The molecule has 114 valence electrons. The Hall–Kier alpha value is -2.15. The van der Waals surface area contributed by atoms with E-state index in [1.54, 1.807) is 0 Å². The predicted molar refractivity (Wildman–Crippen MR) is 70.0 cm³/mol. The Balaban J connectivity index is 1.95. The van der Waals surface area contributed by atoms with Crippen LogP contribution in [0.2, 0.25) is 0 Å². The van der Waals surface area contributed by atoms with Crippen LogP contribution in [0.4, 0.5) is 4.39 Å². The lowest BCUT2D eigenvalue weighted by molar-refractivity contribution is -0.151. The van der Waals surface area contributed by atoms with Crippen LogP contribution in [0.15, 0.2) is 24.3 Å². The van der Waals surface area contributed by atoms with Crippen LogP contribution in [-0.2, 0) is 14.3 Å². The molecule has 21 heavy (non-hydrogen) atoms. The molecule has 0 bridgehead atoms. The second-order valence-corrected chi connectivity index (χ2v) is 4.72. The molecule has 0 radical (unpaired) electrons. The Morgan fingerprint density at radius 3 is 2.67 bits per heavy atom. The van der Waals surface area contributed by atoms with Crippen molar-refractivity contribution in [1.82, 2.24) is 4.90 Å². The molecule has 1 N–H and O–H groups in total. The molecule has 0 aliphatic carbocycles. The molecule has 1 aromatic rings. The van der Waals surface area contributed by atoms with E-state index in [1.165, 1.54) is 36.3 Å². The first kappa shape index (κ1) is 15.2. The molecule has 0 aromatic heterocycles. The van der Waals surface area contributed by atoms with Crippen molar-refractivity contribution in [3.63, 3.8) is 0 Å². The summed E-state index contributed by atoms with van der Waals surface area (Å²) >= 11 is 0. The number of hydrogen-bond donors (Lipinski definition) is 1. The molecular weight excluding hydrogens is 281 g/mol. The van der Waals surface area contributed by atoms with Crippen molar-refractivity contribution in [1.29, 1.82) is 0 Å². The summed E-state index contributed by atoms with van der Waals surface area (Å²) in [7, 11) is 1.23. The summed E-state index contributed by atoms with van der Waals surface area (Å²) in [4.78, 5) is 24.9. The predicted octanol–water partition coefficient (Wildman–Crippen LogP) is 0.339. The van der Waals surface area contributed by atoms with Gasteiger partial charge in [0, 0.05) is 13.0 Å². The summed E-state index contributed by atoms with van der Waals surface area (Å²) in [5.41, 5.74) is 0. The van der Waals surface area contributed by atoms with Crippen LogP contribution < -0.4 is 4.74 Å². The number of rotatable bonds is 4. The van der Waals surface area contributed by atoms with Gasteiger partial charge < -0.3 is 19.5 Å². The van der Waals surface area contributed by atoms with Gasteiger partial charge >= 0.3 is 5.97 Å². The summed E-state index contributed by atoms with van der Waals surface area (Å²) in [5.74, 6) is -1.06. The average Bonchev–Trinajstić information content (AvgIpc) is 2.87. The summed E-state index contributed by atoms with van der Waals surface area (Å²) in [6, 6.07) is 4.44. The third-order valence-corrected chi connectivity index (χ3v) is 3.25. The molecule has 1 aliphatic heterocycles. The minimum Gasteiger partial charge on any atom is -0.484 e. The van der Waals surface area contributed by atoms with E-state index in [0.29, 0.717) is 5.75 Å². The SMILES string of the molecule is COC(=O)C1CC(O)CN1C(=O)COc1ccc(F)cc1. The van der Waals surface area contributed by atoms with Gasteiger partial charge in [-0.25, -0.2) is 9.18 Å². The van der Waals surface area contributed by atoms with Crippen molar-refractivity contribution in [3.05, 3.63) is 30.1 Å². The summed E-state index contributed by atoms with van der Waals surface area (Å²) in [6.45, 7) is -0.239. The van der Waals surface area contributed by atoms with Gasteiger partial charge in [0.25, 0.3) is 5.91 Å². The molecule has 7 heteroatoms. The number of amides is 1. The molecular formula is C14H16FNO5. The molecule has 2 unspecified atom stereocenters. The molecule has 2 rings (SSSR count). The molecule has 6 nitrogen and oxygen atoms in total. The lowest BCUT2D eigenvalue weighted by atomic mass is 10.2. The normalized spacial score (nSPS) is 21.2. The van der Waals surface area contributed by atoms with Crippen molar-refractivity contribution in [2.75, 3.05) is 20.3 Å². The van der Waals surface area contributed by atoms with Crippen LogP contribution in [-0.4, -0.2) is 54.3 Å². The highest BCUT2D eigenvalue weighted by atomic mass is 19.1. The number of ether oxygens (including phenoxy) is 2. The van der Waals surface area contributed by atoms with E-state index in [0.717, 1.165) is 0 Å². The number of nitrogens with zero attached hydrogens (tertiary/aromatic N) is 1. The number of methoxy groups -OCH3 is 1. The van der Waals surface area contributed by atoms with E-state index in [-0.39, 0.29) is 19.6 Å². The Kier molecular flexibility index (Phi) is 4.74. The quantitative estimate of drug-likeness (QED) is 0.811. The van der Waals surface area contributed by atoms with Gasteiger partial charge in [-0.05, 0) is 24.3 Å². The van der Waals surface area contributed by atoms with Gasteiger partial charge in [0.05, 0.1) is 13.2 Å². The highest BCUT2D eigenvalue weighted by Gasteiger charge is 2.39. The number of carbonyl (C=O) groups excluding carboxylic acids is 2. The number of aliphatic hydroxyl groups excluding tert-OH is 1. The maximum Gasteiger partial charge on any atom is 0.328 e. The molecule has 1 amide bonds. The molecule has 2 atom stereocenters. The Morgan fingerprint density at radius 2 is 2.05 bits per heavy atom. The highest BCUT2D eigenvalue weighted by molar-refractivity contribution is 5.86. The van der Waals surface area contributed by atoms with Gasteiger partial charge in [-0.15, -0.1) is 0 Å². The molecule has 1 aromatic carbocycles. The Bertz CT molecular complexity index is 519. The number of carbonyl (C=O) groups is 2. The monoisotopic (exact) mass is 297 g/mol. The maximum atomic E-state index is 12.7. The second-order valence-electron chi connectivity index (χ2n) is 4.72. The number of esters is 1. The molecule has 1 aliphatic rings. The van der Waals surface area contributed by atoms with Crippen molar-refractivity contribution in [3.8, 4) is 5.75 Å². The van der Waals surface area contributed by atoms with E-state index >= 15 is 0 Å². The van der Waals surface area contributed by atoms with Crippen LogP contribution in [0.5, 0.6) is 5.75 Å². The first-order valence-electron chi connectivity index (χ1n) is 6.45. The third-order valence-electron chi connectivity index (χ3n) is 3.25. The molecule has 0 spiro atoms. The van der Waals surface area contributed by atoms with Gasteiger partial charge in [0.15, 0.2) is 6.61 Å². The van der Waals surface area contributed by atoms with Gasteiger partial charge in [-0.2, -0.15) is 0 Å². The highest BCUT2D eigenvalue weighted by Crippen LogP contribution is 2.20. The third kappa shape index (κ3) is 3.69. The zero-order valence-electron chi connectivity index (χ0n) is 11.5. The fourth-order valence-corrected chi connectivity index (χ4v) is 2.21. The zero-order chi connectivity index (χ0) is 15.4. The maximum absolute atomic E-state index is 12.7. The van der Waals surface area contributed by atoms with Crippen molar-refractivity contribution < 1.29 is 28.6 Å². The van der Waals surface area contributed by atoms with Gasteiger partial charge in [0.1, 0.15) is 17.6 Å². The van der Waals surface area contributed by atoms with Crippen molar-refractivity contribution >= 4 is 11.9 Å². The van der Waals surface area contributed by atoms with Crippen molar-refractivity contribution in [2.45, 2.75) is 18.6 Å². The van der Waals surface area contributed by atoms with Gasteiger partial charge in [0.2, 0.25) is 0 Å². The largest absolute Gasteiger partial charge is 0.484 e. The van der Waals surface area contributed by atoms with Gasteiger partial charge in [-0.1, -0.05) is 0 Å². The second kappa shape index (κ2) is 6.53. The number of hydrogen-bond acceptors (Lipinski definition) is 5. The van der Waals surface area contributed by atoms with Crippen LogP contribution >= 0.6 is 0 Å². The first-order chi connectivity index (χ1) is 10.0. The number of likely N-dealkylation sites (tertiary alicyclic amines) is 1. The number of β-amino-alcohol motifs (C(OH)–C–C–N with tert-alkyl or cyclic N) is 1. The summed E-state index contributed by atoms with van der Waals surface area (Å²) in [5, 5.41) is 9.59. The zero-order valence-corrected chi connectivity index (χ0v) is 11.5. The Morgan fingerprint density at radius 1 is 1.38 bits per heavy atom. The molecule has 1 fully saturated rings. The van der Waals surface area contributed by atoms with Crippen LogP contribution in [0.3, 0.4) is 0 Å². The van der Waals surface area contributed by atoms with Crippen LogP contribution in [0.25, 0.3) is 0 Å². The Labute approximate surface area is 121 Å². The summed E-state index contributed by atoms with van der Waals surface area (Å²) < 4.78 is 22.6. The molecule has 1 saturated heterocycles. The van der Waals surface area contributed by atoms with E-state index in [9.17, 15) is 19.1 Å².